The molecular weight excluding hydrogens is 220 g/mol. The number of hydrogen-bond donors (Lipinski definition) is 0. The van der Waals surface area contributed by atoms with Gasteiger partial charge in [-0.15, -0.1) is 0 Å². The fourth-order valence-corrected chi connectivity index (χ4v) is 2.26. The Morgan fingerprint density at radius 3 is 1.50 bits per heavy atom. The second-order valence-corrected chi connectivity index (χ2v) is 5.47. The zero-order chi connectivity index (χ0) is 13.3. The van der Waals surface area contributed by atoms with Crippen molar-refractivity contribution in [3.63, 3.8) is 0 Å². The molecule has 0 N–H and O–H groups in total. The average Bonchev–Trinajstić information content (AvgIpc) is 2.46. The first-order valence-corrected chi connectivity index (χ1v) is 6.57. The molecule has 0 atom stereocenters. The fourth-order valence-electron chi connectivity index (χ4n) is 2.26. The molecule has 0 aliphatic carbocycles. The van der Waals surface area contributed by atoms with E-state index >= 15 is 0 Å². The first-order chi connectivity index (χ1) is 8.50. The minimum Gasteiger partial charge on any atom is -0.289 e. The number of hydrogen-bond acceptors (Lipinski definition) is 1. The molecule has 0 aliphatic heterocycles. The maximum Gasteiger partial charge on any atom is 0.185 e. The van der Waals surface area contributed by atoms with Crippen LogP contribution in [0.1, 0.15) is 50.7 Å². The molecule has 0 bridgehead atoms. The predicted molar refractivity (Wildman–Crippen MR) is 78.4 cm³/mol. The summed E-state index contributed by atoms with van der Waals surface area (Å²) in [6.45, 7) is 8.32. The van der Waals surface area contributed by atoms with Crippen molar-refractivity contribution in [2.45, 2.75) is 39.5 Å². The van der Waals surface area contributed by atoms with Crippen LogP contribution in [0, 0.1) is 0 Å². The smallest absolute Gasteiger partial charge is 0.185 e. The lowest BCUT2D eigenvalue weighted by atomic mass is 9.99. The monoisotopic (exact) mass is 240 g/mol. The quantitative estimate of drug-likeness (QED) is 0.758. The molecule has 0 spiro atoms. The highest BCUT2D eigenvalue weighted by Gasteiger charge is 2.11. The zero-order valence-electron chi connectivity index (χ0n) is 11.5. The molecular formula is C17H20O. The molecule has 0 saturated carbocycles. The number of fused-ring (bicyclic) bond motifs is 1. The summed E-state index contributed by atoms with van der Waals surface area (Å²) in [6, 6.07) is 12.3. The van der Waals surface area contributed by atoms with Gasteiger partial charge in [-0.1, -0.05) is 52.0 Å². The normalized spacial score (nSPS) is 11.4. The molecule has 0 aromatic heterocycles. The van der Waals surface area contributed by atoms with Gasteiger partial charge in [-0.3, -0.25) is 4.79 Å². The van der Waals surface area contributed by atoms with Gasteiger partial charge >= 0.3 is 0 Å². The van der Waals surface area contributed by atoms with E-state index in [2.05, 4.69) is 39.8 Å². The third-order valence-corrected chi connectivity index (χ3v) is 3.39. The Hall–Kier alpha value is -1.63. The van der Waals surface area contributed by atoms with Crippen molar-refractivity contribution in [2.75, 3.05) is 0 Å². The van der Waals surface area contributed by atoms with Crippen LogP contribution >= 0.6 is 0 Å². The van der Waals surface area contributed by atoms with E-state index < -0.39 is 0 Å². The van der Waals surface area contributed by atoms with Crippen molar-refractivity contribution in [1.29, 1.82) is 0 Å². The molecule has 0 radical (unpaired) electrons. The van der Waals surface area contributed by atoms with Gasteiger partial charge in [-0.25, -0.2) is 0 Å². The summed E-state index contributed by atoms with van der Waals surface area (Å²) < 4.78 is 0. The van der Waals surface area contributed by atoms with Crippen molar-refractivity contribution in [3.05, 3.63) is 57.7 Å². The highest BCUT2D eigenvalue weighted by atomic mass is 16.1. The lowest BCUT2D eigenvalue weighted by molar-refractivity contribution is 0.825. The van der Waals surface area contributed by atoms with Gasteiger partial charge < -0.3 is 0 Å². The van der Waals surface area contributed by atoms with Gasteiger partial charge in [-0.2, -0.15) is 0 Å². The molecule has 0 saturated heterocycles. The second kappa shape index (κ2) is 4.93. The summed E-state index contributed by atoms with van der Waals surface area (Å²) in [7, 11) is 0. The van der Waals surface area contributed by atoms with Gasteiger partial charge in [0.15, 0.2) is 5.43 Å². The Morgan fingerprint density at radius 1 is 0.778 bits per heavy atom. The third kappa shape index (κ3) is 2.31. The lowest BCUT2D eigenvalue weighted by Crippen LogP contribution is -2.13. The Kier molecular flexibility index (Phi) is 3.51. The molecule has 0 fully saturated rings. The average molecular weight is 240 g/mol. The van der Waals surface area contributed by atoms with Crippen molar-refractivity contribution in [3.8, 4) is 0 Å². The molecule has 0 amide bonds. The summed E-state index contributed by atoms with van der Waals surface area (Å²) >= 11 is 0. The first kappa shape index (κ1) is 12.8. The van der Waals surface area contributed by atoms with E-state index in [-0.39, 0.29) is 17.3 Å². The van der Waals surface area contributed by atoms with E-state index in [1.807, 2.05) is 24.3 Å². The van der Waals surface area contributed by atoms with E-state index in [1.54, 1.807) is 0 Å². The number of benzene rings is 1. The van der Waals surface area contributed by atoms with E-state index in [1.165, 1.54) is 0 Å². The molecule has 1 heteroatoms. The largest absolute Gasteiger partial charge is 0.289 e. The lowest BCUT2D eigenvalue weighted by Gasteiger charge is -2.04. The summed E-state index contributed by atoms with van der Waals surface area (Å²) in [6.07, 6.45) is 0. The minimum atomic E-state index is 0.205. The predicted octanol–water partition coefficient (Wildman–Crippen LogP) is 4.45. The second-order valence-electron chi connectivity index (χ2n) is 5.47. The van der Waals surface area contributed by atoms with Crippen LogP contribution in [0.25, 0.3) is 10.8 Å². The van der Waals surface area contributed by atoms with Crippen molar-refractivity contribution < 1.29 is 0 Å². The molecule has 2 aromatic carbocycles. The Labute approximate surface area is 108 Å². The maximum atomic E-state index is 12.6. The van der Waals surface area contributed by atoms with Gasteiger partial charge in [-0.05, 0) is 34.7 Å². The number of rotatable bonds is 2. The molecule has 0 heterocycles. The van der Waals surface area contributed by atoms with Gasteiger partial charge in [0.2, 0.25) is 0 Å². The highest BCUT2D eigenvalue weighted by Crippen LogP contribution is 2.21. The molecule has 2 aromatic rings. The Morgan fingerprint density at radius 2 is 1.17 bits per heavy atom. The fraction of sp³-hybridized carbons (Fsp3) is 0.353. The van der Waals surface area contributed by atoms with Crippen molar-refractivity contribution in [1.82, 2.24) is 0 Å². The molecule has 0 unspecified atom stereocenters. The molecule has 18 heavy (non-hydrogen) atoms. The van der Waals surface area contributed by atoms with E-state index in [0.29, 0.717) is 0 Å². The maximum absolute atomic E-state index is 12.6. The topological polar surface area (TPSA) is 17.1 Å². The Bertz CT molecular complexity index is 571. The molecule has 94 valence electrons. The van der Waals surface area contributed by atoms with Crippen LogP contribution in [0.4, 0.5) is 0 Å². The standard InChI is InChI=1S/C17H20O/c1-11(2)15-9-13-7-5-6-8-14(13)10-16(12(3)4)17(15)18/h5-12H,1-4H3. The zero-order valence-corrected chi connectivity index (χ0v) is 11.5. The summed E-state index contributed by atoms with van der Waals surface area (Å²) in [5.74, 6) is 0.511. The van der Waals surface area contributed by atoms with Crippen molar-refractivity contribution >= 4 is 10.8 Å². The molecule has 0 aliphatic rings. The summed E-state index contributed by atoms with van der Waals surface area (Å²) in [5, 5.41) is 2.29. The first-order valence-electron chi connectivity index (χ1n) is 6.57. The highest BCUT2D eigenvalue weighted by molar-refractivity contribution is 5.83. The van der Waals surface area contributed by atoms with Gasteiger partial charge in [0.1, 0.15) is 0 Å². The van der Waals surface area contributed by atoms with Crippen LogP contribution in [0.2, 0.25) is 0 Å². The van der Waals surface area contributed by atoms with Crippen LogP contribution in [0.15, 0.2) is 41.2 Å². The van der Waals surface area contributed by atoms with E-state index in [4.69, 9.17) is 0 Å². The Balaban J connectivity index is 2.94. The van der Waals surface area contributed by atoms with Crippen LogP contribution in [0.3, 0.4) is 0 Å². The van der Waals surface area contributed by atoms with Crippen LogP contribution in [0.5, 0.6) is 0 Å². The SMILES string of the molecule is CC(C)c1cc2ccccc2cc(C(C)C)c1=O. The van der Waals surface area contributed by atoms with Gasteiger partial charge in [0, 0.05) is 11.1 Å². The van der Waals surface area contributed by atoms with Gasteiger partial charge in [0.05, 0.1) is 0 Å². The van der Waals surface area contributed by atoms with E-state index in [0.717, 1.165) is 21.9 Å². The van der Waals surface area contributed by atoms with Crippen LogP contribution < -0.4 is 5.43 Å². The third-order valence-electron chi connectivity index (χ3n) is 3.39. The van der Waals surface area contributed by atoms with Crippen molar-refractivity contribution in [2.24, 2.45) is 0 Å². The molecule has 2 rings (SSSR count). The summed E-state index contributed by atoms with van der Waals surface area (Å²) in [5.41, 5.74) is 2.04. The summed E-state index contributed by atoms with van der Waals surface area (Å²) in [4.78, 5) is 12.6. The van der Waals surface area contributed by atoms with E-state index in [9.17, 15) is 4.79 Å². The minimum absolute atomic E-state index is 0.205. The van der Waals surface area contributed by atoms with Gasteiger partial charge in [0.25, 0.3) is 0 Å². The van der Waals surface area contributed by atoms with Crippen LogP contribution in [-0.4, -0.2) is 0 Å². The van der Waals surface area contributed by atoms with Crippen LogP contribution in [-0.2, 0) is 0 Å². The molecule has 1 nitrogen and oxygen atoms in total.